The SMILES string of the molecule is CC(=O)c1cccc(OCC(=O)N2c3ccccc3N(C(=O)OC(C)(C)C)C[C@@H]2C)c1. The third kappa shape index (κ3) is 5.23. The number of ketones is 1. The maximum atomic E-state index is 13.1. The molecule has 0 fully saturated rings. The summed E-state index contributed by atoms with van der Waals surface area (Å²) in [5.74, 6) is 0.143. The zero-order chi connectivity index (χ0) is 22.8. The first-order valence-corrected chi connectivity index (χ1v) is 10.2. The van der Waals surface area contributed by atoms with Crippen LogP contribution in [0.1, 0.15) is 45.0 Å². The molecule has 164 valence electrons. The lowest BCUT2D eigenvalue weighted by Crippen LogP contribution is -2.53. The van der Waals surface area contributed by atoms with Gasteiger partial charge >= 0.3 is 6.09 Å². The fraction of sp³-hybridized carbons (Fsp3) is 0.375. The largest absolute Gasteiger partial charge is 0.484 e. The maximum absolute atomic E-state index is 13.1. The second-order valence-electron chi connectivity index (χ2n) is 8.57. The molecule has 0 bridgehead atoms. The smallest absolute Gasteiger partial charge is 0.414 e. The minimum atomic E-state index is -0.621. The molecule has 3 rings (SSSR count). The van der Waals surface area contributed by atoms with Crippen molar-refractivity contribution in [3.05, 3.63) is 54.1 Å². The summed E-state index contributed by atoms with van der Waals surface area (Å²) < 4.78 is 11.2. The molecule has 2 amide bonds. The first kappa shape index (κ1) is 22.3. The number of nitrogens with zero attached hydrogens (tertiary/aromatic N) is 2. The average Bonchev–Trinajstić information content (AvgIpc) is 2.70. The van der Waals surface area contributed by atoms with Gasteiger partial charge in [-0.3, -0.25) is 14.5 Å². The quantitative estimate of drug-likeness (QED) is 0.678. The normalized spacial score (nSPS) is 15.8. The molecule has 7 nitrogen and oxygen atoms in total. The number of carbonyl (C=O) groups excluding carboxylic acids is 3. The molecular formula is C24H28N2O5. The highest BCUT2D eigenvalue weighted by Crippen LogP contribution is 2.36. The van der Waals surface area contributed by atoms with Gasteiger partial charge in [0.15, 0.2) is 12.4 Å². The number of hydrogen-bond donors (Lipinski definition) is 0. The van der Waals surface area contributed by atoms with E-state index in [0.717, 1.165) is 0 Å². The molecule has 1 atom stereocenters. The van der Waals surface area contributed by atoms with Crippen molar-refractivity contribution in [2.24, 2.45) is 0 Å². The Morgan fingerprint density at radius 2 is 1.71 bits per heavy atom. The monoisotopic (exact) mass is 424 g/mol. The van der Waals surface area contributed by atoms with E-state index in [1.54, 1.807) is 46.2 Å². The van der Waals surface area contributed by atoms with Crippen LogP contribution in [-0.4, -0.2) is 42.6 Å². The lowest BCUT2D eigenvalue weighted by Gasteiger charge is -2.41. The van der Waals surface area contributed by atoms with Crippen molar-refractivity contribution < 1.29 is 23.9 Å². The van der Waals surface area contributed by atoms with Gasteiger partial charge in [-0.1, -0.05) is 24.3 Å². The first-order valence-electron chi connectivity index (χ1n) is 10.2. The minimum Gasteiger partial charge on any atom is -0.484 e. The molecule has 0 radical (unpaired) electrons. The van der Waals surface area contributed by atoms with Crippen molar-refractivity contribution in [2.45, 2.75) is 46.3 Å². The molecule has 1 heterocycles. The number of para-hydroxylation sites is 2. The van der Waals surface area contributed by atoms with Crippen LogP contribution in [0.3, 0.4) is 0 Å². The van der Waals surface area contributed by atoms with Gasteiger partial charge in [0.2, 0.25) is 0 Å². The van der Waals surface area contributed by atoms with E-state index in [1.165, 1.54) is 6.92 Å². The van der Waals surface area contributed by atoms with Crippen LogP contribution in [-0.2, 0) is 9.53 Å². The molecule has 0 aliphatic carbocycles. The summed E-state index contributed by atoms with van der Waals surface area (Å²) in [6.07, 6.45) is -0.448. The maximum Gasteiger partial charge on any atom is 0.414 e. The second kappa shape index (κ2) is 8.79. The summed E-state index contributed by atoms with van der Waals surface area (Å²) in [6, 6.07) is 13.7. The van der Waals surface area contributed by atoms with Crippen LogP contribution < -0.4 is 14.5 Å². The molecule has 0 saturated heterocycles. The Morgan fingerprint density at radius 3 is 2.35 bits per heavy atom. The Morgan fingerprint density at radius 1 is 1.03 bits per heavy atom. The Kier molecular flexibility index (Phi) is 6.34. The number of fused-ring (bicyclic) bond motifs is 1. The molecule has 7 heteroatoms. The summed E-state index contributed by atoms with van der Waals surface area (Å²) >= 11 is 0. The summed E-state index contributed by atoms with van der Waals surface area (Å²) in [4.78, 5) is 40.6. The fourth-order valence-electron chi connectivity index (χ4n) is 3.47. The number of benzene rings is 2. The van der Waals surface area contributed by atoms with Gasteiger partial charge in [-0.05, 0) is 58.9 Å². The van der Waals surface area contributed by atoms with E-state index < -0.39 is 11.7 Å². The summed E-state index contributed by atoms with van der Waals surface area (Å²) in [5.41, 5.74) is 1.14. The minimum absolute atomic E-state index is 0.0717. The van der Waals surface area contributed by atoms with Gasteiger partial charge in [0.25, 0.3) is 5.91 Å². The highest BCUT2D eigenvalue weighted by Gasteiger charge is 2.36. The predicted molar refractivity (Wildman–Crippen MR) is 119 cm³/mol. The highest BCUT2D eigenvalue weighted by molar-refractivity contribution is 6.03. The van der Waals surface area contributed by atoms with E-state index in [1.807, 2.05) is 39.8 Å². The second-order valence-corrected chi connectivity index (χ2v) is 8.57. The topological polar surface area (TPSA) is 76.2 Å². The van der Waals surface area contributed by atoms with E-state index in [0.29, 0.717) is 29.2 Å². The van der Waals surface area contributed by atoms with Gasteiger partial charge < -0.3 is 14.4 Å². The molecular weight excluding hydrogens is 396 g/mol. The van der Waals surface area contributed by atoms with E-state index in [2.05, 4.69) is 0 Å². The third-order valence-corrected chi connectivity index (χ3v) is 4.81. The summed E-state index contributed by atoms with van der Waals surface area (Å²) in [5, 5.41) is 0. The Labute approximate surface area is 182 Å². The van der Waals surface area contributed by atoms with Crippen molar-refractivity contribution in [1.29, 1.82) is 0 Å². The number of rotatable bonds is 4. The van der Waals surface area contributed by atoms with Gasteiger partial charge in [0.05, 0.1) is 17.4 Å². The zero-order valence-corrected chi connectivity index (χ0v) is 18.5. The van der Waals surface area contributed by atoms with Crippen LogP contribution in [0.25, 0.3) is 0 Å². The van der Waals surface area contributed by atoms with Crippen LogP contribution in [0.5, 0.6) is 5.75 Å². The lowest BCUT2D eigenvalue weighted by molar-refractivity contribution is -0.121. The van der Waals surface area contributed by atoms with Crippen LogP contribution in [0.4, 0.5) is 16.2 Å². The molecule has 1 aliphatic heterocycles. The molecule has 0 saturated carbocycles. The van der Waals surface area contributed by atoms with Gasteiger partial charge in [-0.25, -0.2) is 4.79 Å². The van der Waals surface area contributed by atoms with Crippen molar-refractivity contribution in [3.8, 4) is 5.75 Å². The van der Waals surface area contributed by atoms with Crippen molar-refractivity contribution >= 4 is 29.2 Å². The number of Topliss-reactive ketones (excluding diaryl/α,β-unsaturated/α-hetero) is 1. The average molecular weight is 424 g/mol. The fourth-order valence-corrected chi connectivity index (χ4v) is 3.47. The number of anilines is 2. The highest BCUT2D eigenvalue weighted by atomic mass is 16.6. The Balaban J connectivity index is 1.80. The van der Waals surface area contributed by atoms with Crippen molar-refractivity contribution in [2.75, 3.05) is 23.0 Å². The molecule has 0 N–H and O–H groups in total. The lowest BCUT2D eigenvalue weighted by atomic mass is 10.1. The molecule has 1 aliphatic rings. The van der Waals surface area contributed by atoms with Crippen molar-refractivity contribution in [3.63, 3.8) is 0 Å². The Hall–Kier alpha value is -3.35. The standard InChI is InChI=1S/C24H28N2O5/c1-16-14-25(23(29)31-24(3,4)5)20-11-6-7-12-21(20)26(16)22(28)15-30-19-10-8-9-18(13-19)17(2)27/h6-13,16H,14-15H2,1-5H3/t16-/m0/s1. The molecule has 0 aromatic heterocycles. The third-order valence-electron chi connectivity index (χ3n) is 4.81. The number of ether oxygens (including phenoxy) is 2. The molecule has 31 heavy (non-hydrogen) atoms. The number of carbonyl (C=O) groups is 3. The van der Waals surface area contributed by atoms with E-state index in [4.69, 9.17) is 9.47 Å². The molecule has 0 unspecified atom stereocenters. The van der Waals surface area contributed by atoms with Crippen LogP contribution >= 0.6 is 0 Å². The zero-order valence-electron chi connectivity index (χ0n) is 18.5. The van der Waals surface area contributed by atoms with Gasteiger partial charge in [0, 0.05) is 12.1 Å². The van der Waals surface area contributed by atoms with E-state index in [-0.39, 0.29) is 24.3 Å². The van der Waals surface area contributed by atoms with Crippen molar-refractivity contribution in [1.82, 2.24) is 0 Å². The van der Waals surface area contributed by atoms with Crippen LogP contribution in [0.15, 0.2) is 48.5 Å². The van der Waals surface area contributed by atoms with Crippen LogP contribution in [0.2, 0.25) is 0 Å². The molecule has 2 aromatic rings. The van der Waals surface area contributed by atoms with Gasteiger partial charge in [-0.2, -0.15) is 0 Å². The first-order chi connectivity index (χ1) is 14.6. The van der Waals surface area contributed by atoms with E-state index in [9.17, 15) is 14.4 Å². The Bertz CT molecular complexity index is 995. The summed E-state index contributed by atoms with van der Waals surface area (Å²) in [7, 11) is 0. The van der Waals surface area contributed by atoms with Crippen LogP contribution in [0, 0.1) is 0 Å². The number of hydrogen-bond acceptors (Lipinski definition) is 5. The molecule has 2 aromatic carbocycles. The van der Waals surface area contributed by atoms with Gasteiger partial charge in [-0.15, -0.1) is 0 Å². The summed E-state index contributed by atoms with van der Waals surface area (Å²) in [6.45, 7) is 8.92. The van der Waals surface area contributed by atoms with Gasteiger partial charge in [0.1, 0.15) is 11.4 Å². The predicted octanol–water partition coefficient (Wildman–Crippen LogP) is 4.44. The molecule has 0 spiro atoms. The number of amides is 2. The van der Waals surface area contributed by atoms with E-state index >= 15 is 0 Å².